The molecule has 0 saturated carbocycles. The Balaban J connectivity index is 2.48. The summed E-state index contributed by atoms with van der Waals surface area (Å²) in [6.45, 7) is 5.24. The lowest BCUT2D eigenvalue weighted by molar-refractivity contribution is -0.618. The summed E-state index contributed by atoms with van der Waals surface area (Å²) < 4.78 is 6.40. The number of hydrogen-bond acceptors (Lipinski definition) is 2. The van der Waals surface area contributed by atoms with E-state index in [1.165, 1.54) is 0 Å². The Labute approximate surface area is 121 Å². The first-order chi connectivity index (χ1) is 8.91. The van der Waals surface area contributed by atoms with Crippen LogP contribution in [0.3, 0.4) is 0 Å². The highest BCUT2D eigenvalue weighted by Crippen LogP contribution is 2.38. The van der Waals surface area contributed by atoms with Gasteiger partial charge in [-0.25, -0.2) is 0 Å². The summed E-state index contributed by atoms with van der Waals surface area (Å²) in [4.78, 5) is 0. The molecule has 3 nitrogen and oxygen atoms in total. The molecule has 0 unspecified atom stereocenters. The molecule has 2 rings (SSSR count). The Hall–Kier alpha value is -1.45. The van der Waals surface area contributed by atoms with Gasteiger partial charge in [0, 0.05) is 13.8 Å². The highest BCUT2D eigenvalue weighted by molar-refractivity contribution is 6.37. The fourth-order valence-corrected chi connectivity index (χ4v) is 2.14. The topological polar surface area (TPSA) is 36.2 Å². The lowest BCUT2D eigenvalue weighted by atomic mass is 10.2. The van der Waals surface area contributed by atoms with Gasteiger partial charge in [0.15, 0.2) is 15.8 Å². The predicted molar refractivity (Wildman–Crippen MR) is 76.1 cm³/mol. The van der Waals surface area contributed by atoms with Gasteiger partial charge >= 0.3 is 0 Å². The summed E-state index contributed by atoms with van der Waals surface area (Å²) in [6.07, 6.45) is 0. The van der Waals surface area contributed by atoms with E-state index in [1.54, 1.807) is 13.8 Å². The molecule has 0 amide bonds. The molecule has 100 valence electrons. The fraction of sp³-hybridized carbons (Fsp3) is 0.214. The molecule has 0 bridgehead atoms. The lowest BCUT2D eigenvalue weighted by Crippen LogP contribution is -2.34. The summed E-state index contributed by atoms with van der Waals surface area (Å²) in [5.41, 5.74) is 1.86. The number of nitrogens with zero attached hydrogens (tertiary/aromatic N) is 1. The zero-order chi connectivity index (χ0) is 14.2. The van der Waals surface area contributed by atoms with Crippen molar-refractivity contribution < 1.29 is 9.47 Å². The van der Waals surface area contributed by atoms with Crippen molar-refractivity contribution in [3.05, 3.63) is 56.5 Å². The van der Waals surface area contributed by atoms with Crippen molar-refractivity contribution in [2.24, 2.45) is 0 Å². The maximum Gasteiger partial charge on any atom is 0.212 e. The summed E-state index contributed by atoms with van der Waals surface area (Å²) in [5.74, 6) is 0.936. The van der Waals surface area contributed by atoms with Gasteiger partial charge in [-0.1, -0.05) is 40.9 Å². The van der Waals surface area contributed by atoms with Crippen LogP contribution >= 0.6 is 23.2 Å². The highest BCUT2D eigenvalue weighted by atomic mass is 35.5. The van der Waals surface area contributed by atoms with Gasteiger partial charge in [-0.3, -0.25) is 0 Å². The van der Waals surface area contributed by atoms with Gasteiger partial charge < -0.3 is 9.94 Å². The van der Waals surface area contributed by atoms with Gasteiger partial charge in [0.05, 0.1) is 0 Å². The lowest BCUT2D eigenvalue weighted by Gasteiger charge is -2.13. The molecule has 0 spiro atoms. The van der Waals surface area contributed by atoms with E-state index < -0.39 is 0 Å². The van der Waals surface area contributed by atoms with E-state index in [4.69, 9.17) is 27.9 Å². The molecule has 1 aromatic heterocycles. The largest absolute Gasteiger partial charge is 0.618 e. The van der Waals surface area contributed by atoms with Crippen LogP contribution in [0.1, 0.15) is 17.0 Å². The zero-order valence-electron chi connectivity index (χ0n) is 10.8. The molecular weight excluding hydrogens is 285 g/mol. The summed E-state index contributed by atoms with van der Waals surface area (Å²) in [6, 6.07) is 7.50. The van der Waals surface area contributed by atoms with Crippen LogP contribution in [0.4, 0.5) is 0 Å². The first-order valence-electron chi connectivity index (χ1n) is 5.74. The van der Waals surface area contributed by atoms with E-state index in [9.17, 15) is 5.21 Å². The van der Waals surface area contributed by atoms with Gasteiger partial charge in [-0.2, -0.15) is 4.73 Å². The first-order valence-corrected chi connectivity index (χ1v) is 6.49. The maximum absolute atomic E-state index is 11.8. The number of benzene rings is 1. The van der Waals surface area contributed by atoms with Crippen LogP contribution in [0.15, 0.2) is 24.3 Å². The van der Waals surface area contributed by atoms with Crippen LogP contribution in [0.5, 0.6) is 11.5 Å². The van der Waals surface area contributed by atoms with Crippen molar-refractivity contribution in [1.29, 1.82) is 0 Å². The van der Waals surface area contributed by atoms with E-state index in [0.717, 1.165) is 5.56 Å². The molecule has 0 aliphatic heterocycles. The molecule has 1 heterocycles. The standard InChI is InChI=1S/C14H13Cl2NO2/c1-8-4-6-11(7-5-8)19-14-12(15)9(2)17(18)10(3)13(14)16/h4-7H,1-3H3. The molecule has 0 N–H and O–H groups in total. The molecule has 2 aromatic rings. The number of halogens is 2. The van der Waals surface area contributed by atoms with Gasteiger partial charge in [0.25, 0.3) is 0 Å². The minimum Gasteiger partial charge on any atom is -0.618 e. The monoisotopic (exact) mass is 297 g/mol. The predicted octanol–water partition coefficient (Wildman–Crippen LogP) is 4.34. The minimum absolute atomic E-state index is 0.228. The second kappa shape index (κ2) is 5.27. The molecule has 0 atom stereocenters. The normalized spacial score (nSPS) is 10.6. The number of aryl methyl sites for hydroxylation is 1. The third-order valence-corrected chi connectivity index (χ3v) is 3.77. The number of hydrogen-bond donors (Lipinski definition) is 0. The fourth-order valence-electron chi connectivity index (χ4n) is 1.67. The Kier molecular flexibility index (Phi) is 3.88. The number of rotatable bonds is 2. The van der Waals surface area contributed by atoms with Crippen LogP contribution in [0.25, 0.3) is 0 Å². The average Bonchev–Trinajstić information content (AvgIpc) is 2.41. The molecular formula is C14H13Cl2NO2. The Bertz CT molecular complexity index is 595. The van der Waals surface area contributed by atoms with Gasteiger partial charge in [0.1, 0.15) is 5.75 Å². The quantitative estimate of drug-likeness (QED) is 0.610. The number of pyridine rings is 1. The third kappa shape index (κ3) is 2.62. The van der Waals surface area contributed by atoms with Crippen molar-refractivity contribution >= 4 is 23.2 Å². The van der Waals surface area contributed by atoms with E-state index in [0.29, 0.717) is 27.6 Å². The Morgan fingerprint density at radius 2 is 1.42 bits per heavy atom. The van der Waals surface area contributed by atoms with E-state index in [2.05, 4.69) is 0 Å². The summed E-state index contributed by atoms with van der Waals surface area (Å²) in [7, 11) is 0. The van der Waals surface area contributed by atoms with Crippen LogP contribution in [0.2, 0.25) is 10.0 Å². The van der Waals surface area contributed by atoms with Crippen molar-refractivity contribution in [2.75, 3.05) is 0 Å². The van der Waals surface area contributed by atoms with Crippen LogP contribution < -0.4 is 9.47 Å². The second-order valence-electron chi connectivity index (χ2n) is 4.34. The van der Waals surface area contributed by atoms with Crippen molar-refractivity contribution in [2.45, 2.75) is 20.8 Å². The smallest absolute Gasteiger partial charge is 0.212 e. The van der Waals surface area contributed by atoms with Crippen molar-refractivity contribution in [3.63, 3.8) is 0 Å². The molecule has 19 heavy (non-hydrogen) atoms. The molecule has 0 fully saturated rings. The van der Waals surface area contributed by atoms with E-state index in [-0.39, 0.29) is 10.0 Å². The summed E-state index contributed by atoms with van der Waals surface area (Å²) in [5, 5.41) is 12.2. The second-order valence-corrected chi connectivity index (χ2v) is 5.09. The maximum atomic E-state index is 11.8. The van der Waals surface area contributed by atoms with Gasteiger partial charge in [-0.15, -0.1) is 0 Å². The number of aromatic nitrogens is 1. The average molecular weight is 298 g/mol. The SMILES string of the molecule is Cc1ccc(Oc2c(Cl)c(C)[n+]([O-])c(C)c2Cl)cc1. The molecule has 0 aliphatic rings. The summed E-state index contributed by atoms with van der Waals surface area (Å²) >= 11 is 12.3. The minimum atomic E-state index is 0.228. The molecule has 5 heteroatoms. The van der Waals surface area contributed by atoms with Crippen molar-refractivity contribution in [3.8, 4) is 11.5 Å². The molecule has 1 aromatic carbocycles. The Morgan fingerprint density at radius 3 is 1.89 bits per heavy atom. The zero-order valence-corrected chi connectivity index (χ0v) is 12.3. The van der Waals surface area contributed by atoms with E-state index in [1.807, 2.05) is 31.2 Å². The van der Waals surface area contributed by atoms with Crippen LogP contribution in [-0.4, -0.2) is 0 Å². The van der Waals surface area contributed by atoms with Crippen LogP contribution in [0, 0.1) is 26.0 Å². The van der Waals surface area contributed by atoms with Crippen molar-refractivity contribution in [1.82, 2.24) is 0 Å². The van der Waals surface area contributed by atoms with Gasteiger partial charge in [-0.05, 0) is 19.1 Å². The van der Waals surface area contributed by atoms with E-state index >= 15 is 0 Å². The Morgan fingerprint density at radius 1 is 0.947 bits per heavy atom. The first kappa shape index (κ1) is 14.0. The number of ether oxygens (including phenoxy) is 1. The third-order valence-electron chi connectivity index (χ3n) is 2.88. The van der Waals surface area contributed by atoms with Crippen LogP contribution in [-0.2, 0) is 0 Å². The molecule has 0 radical (unpaired) electrons. The van der Waals surface area contributed by atoms with Gasteiger partial charge in [0.2, 0.25) is 11.4 Å². The highest BCUT2D eigenvalue weighted by Gasteiger charge is 2.22. The molecule has 0 saturated heterocycles. The molecule has 0 aliphatic carbocycles.